The molecule has 18 heavy (non-hydrogen) atoms. The Kier molecular flexibility index (Phi) is 4.16. The molecule has 3 atom stereocenters. The fourth-order valence-corrected chi connectivity index (χ4v) is 2.33. The number of anilines is 1. The third kappa shape index (κ3) is 2.63. The van der Waals surface area contributed by atoms with E-state index in [2.05, 4.69) is 17.2 Å². The second-order valence-corrected chi connectivity index (χ2v) is 4.73. The summed E-state index contributed by atoms with van der Waals surface area (Å²) in [5, 5.41) is 22.3. The third-order valence-electron chi connectivity index (χ3n) is 3.51. The van der Waals surface area contributed by atoms with E-state index < -0.39 is 12.2 Å². The Labute approximate surface area is 107 Å². The summed E-state index contributed by atoms with van der Waals surface area (Å²) in [6.07, 6.45) is 1.47. The highest BCUT2D eigenvalue weighted by molar-refractivity contribution is 5.46. The van der Waals surface area contributed by atoms with E-state index in [9.17, 15) is 10.2 Å². The normalized spacial score (nSPS) is 25.4. The molecule has 5 nitrogen and oxygen atoms in total. The van der Waals surface area contributed by atoms with E-state index >= 15 is 0 Å². The van der Waals surface area contributed by atoms with E-state index in [-0.39, 0.29) is 6.04 Å². The molecule has 1 aliphatic heterocycles. The average Bonchev–Trinajstić information content (AvgIpc) is 2.72. The number of hydrogen-bond acceptors (Lipinski definition) is 5. The monoisotopic (exact) mass is 251 g/mol. The first-order valence-electron chi connectivity index (χ1n) is 6.40. The van der Waals surface area contributed by atoms with Crippen molar-refractivity contribution in [2.75, 3.05) is 25.0 Å². The van der Waals surface area contributed by atoms with Gasteiger partial charge in [-0.1, -0.05) is 6.92 Å². The van der Waals surface area contributed by atoms with Crippen LogP contribution in [-0.2, 0) is 0 Å². The van der Waals surface area contributed by atoms with Crippen LogP contribution in [0.4, 0.5) is 5.69 Å². The van der Waals surface area contributed by atoms with E-state index in [1.165, 1.54) is 0 Å². The highest BCUT2D eigenvalue weighted by Gasteiger charge is 2.29. The number of nitrogens with one attached hydrogen (secondary N) is 1. The van der Waals surface area contributed by atoms with Crippen LogP contribution in [0.3, 0.4) is 0 Å². The van der Waals surface area contributed by atoms with Gasteiger partial charge in [-0.3, -0.25) is 4.98 Å². The molecule has 2 rings (SSSR count). The fourth-order valence-electron chi connectivity index (χ4n) is 2.33. The lowest BCUT2D eigenvalue weighted by atomic mass is 10.1. The van der Waals surface area contributed by atoms with Crippen LogP contribution in [0.1, 0.15) is 25.1 Å². The summed E-state index contributed by atoms with van der Waals surface area (Å²) < 4.78 is 0. The molecule has 1 fully saturated rings. The van der Waals surface area contributed by atoms with Gasteiger partial charge in [-0.25, -0.2) is 0 Å². The zero-order chi connectivity index (χ0) is 13.1. The quantitative estimate of drug-likeness (QED) is 0.718. The van der Waals surface area contributed by atoms with Gasteiger partial charge < -0.3 is 20.4 Å². The summed E-state index contributed by atoms with van der Waals surface area (Å²) >= 11 is 0. The summed E-state index contributed by atoms with van der Waals surface area (Å²) in [6.45, 7) is 3.04. The van der Waals surface area contributed by atoms with E-state index in [1.54, 1.807) is 6.20 Å². The lowest BCUT2D eigenvalue weighted by molar-refractivity contribution is 0.0572. The zero-order valence-electron chi connectivity index (χ0n) is 10.9. The van der Waals surface area contributed by atoms with Crippen molar-refractivity contribution in [1.82, 2.24) is 10.3 Å². The predicted octanol–water partition coefficient (Wildman–Crippen LogP) is 0.294. The van der Waals surface area contributed by atoms with Gasteiger partial charge in [0.2, 0.25) is 0 Å². The van der Waals surface area contributed by atoms with Crippen molar-refractivity contribution in [1.29, 1.82) is 0 Å². The summed E-state index contributed by atoms with van der Waals surface area (Å²) in [7, 11) is 1.93. The molecule has 3 unspecified atom stereocenters. The molecule has 0 amide bonds. The molecular weight excluding hydrogens is 230 g/mol. The summed E-state index contributed by atoms with van der Waals surface area (Å²) in [4.78, 5) is 6.40. The highest BCUT2D eigenvalue weighted by Crippen LogP contribution is 2.22. The smallest absolute Gasteiger partial charge is 0.0990 e. The van der Waals surface area contributed by atoms with Gasteiger partial charge >= 0.3 is 0 Å². The number of aliphatic hydroxyl groups is 2. The van der Waals surface area contributed by atoms with Crippen LogP contribution in [0.25, 0.3) is 0 Å². The lowest BCUT2D eigenvalue weighted by Crippen LogP contribution is -2.22. The van der Waals surface area contributed by atoms with Gasteiger partial charge in [0.05, 0.1) is 29.8 Å². The van der Waals surface area contributed by atoms with Crippen LogP contribution in [0.5, 0.6) is 0 Å². The van der Waals surface area contributed by atoms with Crippen LogP contribution >= 0.6 is 0 Å². The minimum atomic E-state index is -0.662. The maximum atomic E-state index is 9.53. The first-order valence-corrected chi connectivity index (χ1v) is 6.40. The maximum absolute atomic E-state index is 9.53. The van der Waals surface area contributed by atoms with Gasteiger partial charge in [-0.2, -0.15) is 0 Å². The number of aromatic nitrogens is 1. The van der Waals surface area contributed by atoms with Crippen LogP contribution < -0.4 is 10.2 Å². The van der Waals surface area contributed by atoms with Gasteiger partial charge in [0.15, 0.2) is 0 Å². The van der Waals surface area contributed by atoms with Gasteiger partial charge in [0.25, 0.3) is 0 Å². The molecule has 0 bridgehead atoms. The zero-order valence-corrected chi connectivity index (χ0v) is 10.9. The molecule has 1 saturated heterocycles. The van der Waals surface area contributed by atoms with E-state index in [4.69, 9.17) is 0 Å². The standard InChI is InChI=1S/C13H21N3O2/c1-3-10(14-2)11-5-4-9(6-15-11)16-7-12(17)13(18)8-16/h4-6,10,12-14,17-18H,3,7-8H2,1-2H3. The maximum Gasteiger partial charge on any atom is 0.0990 e. The van der Waals surface area contributed by atoms with Crippen LogP contribution in [0, 0.1) is 0 Å². The van der Waals surface area contributed by atoms with Gasteiger partial charge in [0.1, 0.15) is 0 Å². The first kappa shape index (κ1) is 13.3. The Balaban J connectivity index is 2.08. The van der Waals surface area contributed by atoms with E-state index in [1.807, 2.05) is 24.1 Å². The van der Waals surface area contributed by atoms with E-state index in [0.29, 0.717) is 13.1 Å². The molecule has 1 aliphatic rings. The third-order valence-corrected chi connectivity index (χ3v) is 3.51. The van der Waals surface area contributed by atoms with Crippen molar-refractivity contribution in [2.24, 2.45) is 0 Å². The highest BCUT2D eigenvalue weighted by atomic mass is 16.3. The fraction of sp³-hybridized carbons (Fsp3) is 0.615. The molecule has 0 aliphatic carbocycles. The minimum absolute atomic E-state index is 0.272. The number of nitrogens with zero attached hydrogens (tertiary/aromatic N) is 2. The van der Waals surface area contributed by atoms with Crippen LogP contribution in [-0.4, -0.2) is 47.5 Å². The van der Waals surface area contributed by atoms with Crippen molar-refractivity contribution in [3.05, 3.63) is 24.0 Å². The molecule has 0 spiro atoms. The van der Waals surface area contributed by atoms with Gasteiger partial charge in [0, 0.05) is 19.1 Å². The number of hydrogen-bond donors (Lipinski definition) is 3. The minimum Gasteiger partial charge on any atom is -0.389 e. The second kappa shape index (κ2) is 5.65. The largest absolute Gasteiger partial charge is 0.389 e. The summed E-state index contributed by atoms with van der Waals surface area (Å²) in [5.74, 6) is 0. The Morgan fingerprint density at radius 2 is 2.06 bits per heavy atom. The first-order chi connectivity index (χ1) is 8.65. The molecule has 100 valence electrons. The number of β-amino-alcohol motifs (C(OH)–C–C–N with tert-alkyl or cyclic N) is 2. The number of rotatable bonds is 4. The molecule has 0 radical (unpaired) electrons. The molecule has 1 aromatic rings. The molecule has 3 N–H and O–H groups in total. The number of aliphatic hydroxyl groups excluding tert-OH is 2. The van der Waals surface area contributed by atoms with E-state index in [0.717, 1.165) is 17.8 Å². The predicted molar refractivity (Wildman–Crippen MR) is 70.6 cm³/mol. The van der Waals surface area contributed by atoms with Crippen LogP contribution in [0.2, 0.25) is 0 Å². The summed E-state index contributed by atoms with van der Waals surface area (Å²) in [6, 6.07) is 4.26. The van der Waals surface area contributed by atoms with Gasteiger partial charge in [-0.15, -0.1) is 0 Å². The lowest BCUT2D eigenvalue weighted by Gasteiger charge is -2.19. The Bertz CT molecular complexity index is 368. The molecular formula is C13H21N3O2. The molecule has 0 saturated carbocycles. The van der Waals surface area contributed by atoms with Crippen molar-refractivity contribution in [3.63, 3.8) is 0 Å². The van der Waals surface area contributed by atoms with Crippen molar-refractivity contribution >= 4 is 5.69 Å². The van der Waals surface area contributed by atoms with Crippen molar-refractivity contribution < 1.29 is 10.2 Å². The molecule has 1 aromatic heterocycles. The van der Waals surface area contributed by atoms with Crippen molar-refractivity contribution in [3.8, 4) is 0 Å². The second-order valence-electron chi connectivity index (χ2n) is 4.73. The summed E-state index contributed by atoms with van der Waals surface area (Å²) in [5.41, 5.74) is 1.96. The number of pyridine rings is 1. The topological polar surface area (TPSA) is 68.6 Å². The molecule has 0 aromatic carbocycles. The Hall–Kier alpha value is -1.17. The van der Waals surface area contributed by atoms with Crippen molar-refractivity contribution in [2.45, 2.75) is 31.6 Å². The molecule has 2 heterocycles. The Morgan fingerprint density at radius 3 is 2.50 bits per heavy atom. The molecule has 5 heteroatoms. The SMILES string of the molecule is CCC(NC)c1ccc(N2CC(O)C(O)C2)cn1. The van der Waals surface area contributed by atoms with Gasteiger partial charge in [-0.05, 0) is 25.6 Å². The average molecular weight is 251 g/mol. The Morgan fingerprint density at radius 1 is 1.39 bits per heavy atom. The van der Waals surface area contributed by atoms with Crippen LogP contribution in [0.15, 0.2) is 18.3 Å².